The predicted octanol–water partition coefficient (Wildman–Crippen LogP) is 12.3. The largest absolute Gasteiger partial charge is 0.304 e. The summed E-state index contributed by atoms with van der Waals surface area (Å²) in [6.45, 7) is 7.37. The number of fused-ring (bicyclic) bond motifs is 4. The Balaban J connectivity index is 0.000000153. The van der Waals surface area contributed by atoms with Crippen LogP contribution < -0.4 is 18.9 Å². The molecule has 12 rings (SSSR count). The molecule has 0 amide bonds. The third kappa shape index (κ3) is 19.4. The van der Waals surface area contributed by atoms with Gasteiger partial charge in [-0.25, -0.2) is 54.6 Å². The van der Waals surface area contributed by atoms with Gasteiger partial charge in [0, 0.05) is 65.3 Å². The number of hydrogen-bond acceptors (Lipinski definition) is 18. The van der Waals surface area contributed by atoms with Crippen molar-refractivity contribution in [3.63, 3.8) is 0 Å². The molecule has 22 nitrogen and oxygen atoms in total. The SMILES string of the molecule is CN(C)Cc1ccc2cccc(NS(=O)(=O)N3CCCC3)c2n1.CN(C)Cc1ccc2cccc(NS(=O)(=O)c3ccccc3Br)c2n1.CN(C)Cc1ccc2cccc(NS(=O)(=O)c3ccccc3F)c2n1.Cc1nc(C)c(S(=O)(=O)Nc2cccc3ccc(CN(C)C)nc23)s1. The molecule has 0 spiro atoms. The summed E-state index contributed by atoms with van der Waals surface area (Å²) >= 11 is 4.46. The van der Waals surface area contributed by atoms with Crippen molar-refractivity contribution in [3.05, 3.63) is 214 Å². The molecule has 0 aliphatic carbocycles. The van der Waals surface area contributed by atoms with Crippen LogP contribution in [0.2, 0.25) is 0 Å². The fraction of sp³-hybridized carbons (Fsp3) is 0.261. The van der Waals surface area contributed by atoms with Crippen LogP contribution in [0.5, 0.6) is 0 Å². The van der Waals surface area contributed by atoms with E-state index in [0.29, 0.717) is 94.3 Å². The zero-order chi connectivity index (χ0) is 70.7. The summed E-state index contributed by atoms with van der Waals surface area (Å²) in [5.41, 5.74) is 8.30. The first-order valence-electron chi connectivity index (χ1n) is 30.9. The van der Waals surface area contributed by atoms with Crippen LogP contribution >= 0.6 is 27.3 Å². The molecule has 6 heterocycles. The van der Waals surface area contributed by atoms with Crippen LogP contribution in [0.4, 0.5) is 27.1 Å². The molecule has 1 aliphatic heterocycles. The van der Waals surface area contributed by atoms with Gasteiger partial charge in [0.05, 0.1) is 78.3 Å². The fourth-order valence-electron chi connectivity index (χ4n) is 10.5. The molecule has 0 bridgehead atoms. The van der Waals surface area contributed by atoms with E-state index in [4.69, 9.17) is 0 Å². The first kappa shape index (κ1) is 74.0. The van der Waals surface area contributed by atoms with E-state index in [0.717, 1.165) is 68.2 Å². The zero-order valence-corrected chi connectivity index (χ0v) is 61.5. The lowest BCUT2D eigenvalue weighted by molar-refractivity contribution is 0.397. The number of thiazole rings is 1. The molecule has 0 radical (unpaired) electrons. The van der Waals surface area contributed by atoms with Crippen molar-refractivity contribution in [2.75, 3.05) is 88.4 Å². The van der Waals surface area contributed by atoms with Crippen LogP contribution in [0.3, 0.4) is 0 Å². The van der Waals surface area contributed by atoms with E-state index in [1.165, 1.54) is 33.8 Å². The monoisotopic (exact) mass is 1490 g/mol. The van der Waals surface area contributed by atoms with E-state index < -0.39 is 51.0 Å². The molecular formula is C69H78BrFN14O8S5. The fourth-order valence-corrected chi connectivity index (χ4v) is 17.6. The molecule has 0 saturated carbocycles. The van der Waals surface area contributed by atoms with Crippen molar-refractivity contribution in [2.45, 2.75) is 66.9 Å². The van der Waals surface area contributed by atoms with E-state index in [2.05, 4.69) is 59.7 Å². The number of nitrogens with zero attached hydrogens (tertiary/aromatic N) is 10. The highest BCUT2D eigenvalue weighted by atomic mass is 79.9. The minimum absolute atomic E-state index is 0.191. The van der Waals surface area contributed by atoms with Gasteiger partial charge in [0.2, 0.25) is 0 Å². The molecule has 29 heteroatoms. The molecule has 516 valence electrons. The molecule has 4 N–H and O–H groups in total. The molecule has 6 aromatic carbocycles. The van der Waals surface area contributed by atoms with Gasteiger partial charge < -0.3 is 19.6 Å². The summed E-state index contributed by atoms with van der Waals surface area (Å²) < 4.78 is 128. The molecule has 0 atom stereocenters. The van der Waals surface area contributed by atoms with E-state index in [-0.39, 0.29) is 9.10 Å². The number of rotatable bonds is 20. The lowest BCUT2D eigenvalue weighted by atomic mass is 10.2. The summed E-state index contributed by atoms with van der Waals surface area (Å²) in [7, 11) is 0.717. The second-order valence-electron chi connectivity index (χ2n) is 24.2. The summed E-state index contributed by atoms with van der Waals surface area (Å²) in [6, 6.07) is 49.2. The number of nitrogens with one attached hydrogen (secondary N) is 4. The smallest absolute Gasteiger partial charge is 0.301 e. The van der Waals surface area contributed by atoms with Gasteiger partial charge >= 0.3 is 10.2 Å². The van der Waals surface area contributed by atoms with Crippen LogP contribution in [-0.4, -0.2) is 152 Å². The number of hydrogen-bond donors (Lipinski definition) is 4. The van der Waals surface area contributed by atoms with Gasteiger partial charge in [-0.2, -0.15) is 12.7 Å². The number of aromatic nitrogens is 5. The normalized spacial score (nSPS) is 12.9. The maximum atomic E-state index is 13.9. The average Bonchev–Trinajstić information content (AvgIpc) is 1.15. The highest BCUT2D eigenvalue weighted by molar-refractivity contribution is 9.10. The number of benzene rings is 6. The maximum Gasteiger partial charge on any atom is 0.301 e. The second-order valence-corrected chi connectivity index (χ2v) is 33.1. The molecule has 1 fully saturated rings. The standard InChI is InChI=1S/C18H18BrN3O2S.C18H18FN3O2S.C17H20N4O2S2.C16H22N4O2S/c2*1-22(2)12-14-11-10-13-6-5-8-16(18(13)20-14)21-25(23,24)17-9-4-3-7-15(17)19;1-11-17(24-12(2)18-11)25(22,23)20-15-7-5-6-13-8-9-14(10-21(3)4)19-16(13)15;1-19(2)12-14-9-8-13-6-5-7-15(16(13)17-14)18-23(21,22)20-10-3-4-11-20/h2*3-11,21H,12H2,1-2H3;5-9,20H,10H2,1-4H3;5-9,18H,3-4,10-12H2,1-2H3. The van der Waals surface area contributed by atoms with Crippen molar-refractivity contribution in [3.8, 4) is 0 Å². The van der Waals surface area contributed by atoms with Gasteiger partial charge in [0.15, 0.2) is 4.21 Å². The van der Waals surface area contributed by atoms with Gasteiger partial charge in [-0.05, 0) is 172 Å². The van der Waals surface area contributed by atoms with Gasteiger partial charge in [-0.15, -0.1) is 11.3 Å². The summed E-state index contributed by atoms with van der Waals surface area (Å²) in [6.07, 6.45) is 1.84. The van der Waals surface area contributed by atoms with Crippen LogP contribution in [0, 0.1) is 19.7 Å². The summed E-state index contributed by atoms with van der Waals surface area (Å²) in [4.78, 5) is 30.5. The number of para-hydroxylation sites is 4. The van der Waals surface area contributed by atoms with Gasteiger partial charge in [0.25, 0.3) is 30.1 Å². The van der Waals surface area contributed by atoms with Crippen molar-refractivity contribution >= 4 is 134 Å². The Labute approximate surface area is 585 Å². The first-order valence-corrected chi connectivity index (χ1v) is 38.4. The van der Waals surface area contributed by atoms with Crippen molar-refractivity contribution in [1.82, 2.24) is 48.8 Å². The van der Waals surface area contributed by atoms with E-state index in [9.17, 15) is 38.1 Å². The van der Waals surface area contributed by atoms with Crippen LogP contribution in [0.25, 0.3) is 43.6 Å². The topological polar surface area (TPSA) is 265 Å². The highest BCUT2D eigenvalue weighted by Crippen LogP contribution is 2.32. The number of anilines is 4. The van der Waals surface area contributed by atoms with Crippen LogP contribution in [-0.2, 0) is 66.5 Å². The van der Waals surface area contributed by atoms with Crippen LogP contribution in [0.1, 0.15) is 46.3 Å². The third-order valence-corrected chi connectivity index (χ3v) is 23.1. The van der Waals surface area contributed by atoms with Crippen molar-refractivity contribution in [1.29, 1.82) is 0 Å². The van der Waals surface area contributed by atoms with Gasteiger partial charge in [-0.3, -0.25) is 18.9 Å². The number of pyridine rings is 4. The van der Waals surface area contributed by atoms with Crippen molar-refractivity contribution < 1.29 is 38.1 Å². The molecule has 1 saturated heterocycles. The van der Waals surface area contributed by atoms with Gasteiger partial charge in [0.1, 0.15) is 15.6 Å². The molecule has 11 aromatic rings. The second kappa shape index (κ2) is 32.2. The molecular weight excluding hydrogens is 1410 g/mol. The minimum Gasteiger partial charge on any atom is -0.304 e. The Morgan fingerprint density at radius 1 is 0.418 bits per heavy atom. The summed E-state index contributed by atoms with van der Waals surface area (Å²) in [5.74, 6) is -0.795. The quantitative estimate of drug-likeness (QED) is 0.0552. The van der Waals surface area contributed by atoms with Crippen LogP contribution in [0.15, 0.2) is 188 Å². The highest BCUT2D eigenvalue weighted by Gasteiger charge is 2.27. The third-order valence-electron chi connectivity index (χ3n) is 14.8. The predicted molar refractivity (Wildman–Crippen MR) is 394 cm³/mol. The molecule has 1 aliphatic rings. The average molecular weight is 1490 g/mol. The first-order chi connectivity index (χ1) is 46.4. The number of sulfonamides is 3. The summed E-state index contributed by atoms with van der Waals surface area (Å²) in [5, 5.41) is 4.22. The molecule has 0 unspecified atom stereocenters. The number of halogens is 2. The lowest BCUT2D eigenvalue weighted by Crippen LogP contribution is -2.33. The van der Waals surface area contributed by atoms with Gasteiger partial charge in [-0.1, -0.05) is 97.1 Å². The molecule has 98 heavy (non-hydrogen) atoms. The zero-order valence-electron chi connectivity index (χ0n) is 55.9. The Hall–Kier alpha value is -8.20. The Bertz CT molecular complexity index is 4980. The lowest BCUT2D eigenvalue weighted by Gasteiger charge is -2.18. The van der Waals surface area contributed by atoms with E-state index >= 15 is 0 Å². The maximum absolute atomic E-state index is 13.9. The Morgan fingerprint density at radius 2 is 0.755 bits per heavy atom. The molecule has 5 aromatic heterocycles. The van der Waals surface area contributed by atoms with E-state index in [1.54, 1.807) is 68.4 Å². The minimum atomic E-state index is -4.05. The van der Waals surface area contributed by atoms with Crippen molar-refractivity contribution in [2.24, 2.45) is 0 Å². The Kier molecular flexibility index (Phi) is 24.3. The Morgan fingerprint density at radius 3 is 1.10 bits per heavy atom. The van der Waals surface area contributed by atoms with E-state index in [1.807, 2.05) is 167 Å². The number of aryl methyl sites for hydroxylation is 2.